The van der Waals surface area contributed by atoms with Crippen molar-refractivity contribution in [1.82, 2.24) is 9.36 Å². The van der Waals surface area contributed by atoms with Crippen LogP contribution in [0.5, 0.6) is 5.75 Å². The van der Waals surface area contributed by atoms with Crippen molar-refractivity contribution in [3.8, 4) is 11.4 Å². The Morgan fingerprint density at radius 3 is 2.07 bits per heavy atom. The van der Waals surface area contributed by atoms with E-state index in [1.54, 1.807) is 0 Å². The molecule has 0 aliphatic carbocycles. The van der Waals surface area contributed by atoms with Crippen LogP contribution in [0.4, 0.5) is 27.6 Å². The Morgan fingerprint density at radius 2 is 1.69 bits per heavy atom. The van der Waals surface area contributed by atoms with Gasteiger partial charge in [0.25, 0.3) is 0 Å². The molecule has 0 unspecified atom stereocenters. The van der Waals surface area contributed by atoms with E-state index < -0.39 is 41.0 Å². The number of halogens is 5. The molecule has 1 heterocycles. The molecule has 1 aromatic carbocycles. The summed E-state index contributed by atoms with van der Waals surface area (Å²) in [6.07, 6.45) is 0. The fourth-order valence-corrected chi connectivity index (χ4v) is 2.01. The molecule has 168 valence electrons. The number of nitro groups is 1. The van der Waals surface area contributed by atoms with Gasteiger partial charge in [-0.1, -0.05) is 13.8 Å². The van der Waals surface area contributed by atoms with Gasteiger partial charge < -0.3 is 9.84 Å². The summed E-state index contributed by atoms with van der Waals surface area (Å²) in [5, 5.41) is 17.6. The average Bonchev–Trinajstić information content (AvgIpc) is 2.80. The SMILES string of the molecule is CC.Cc1c([N+](=O)[O-])c(=O)n(-c2ccc(F)c(OC(F)F)c2)n1C.OC(F)F.[Pt]. The van der Waals surface area contributed by atoms with Gasteiger partial charge in [-0.2, -0.15) is 17.6 Å². The second-order valence-electron chi connectivity index (χ2n) is 4.60. The van der Waals surface area contributed by atoms with E-state index in [0.29, 0.717) is 0 Å². The molecule has 0 bridgehead atoms. The maximum absolute atomic E-state index is 13.4. The molecule has 0 fully saturated rings. The van der Waals surface area contributed by atoms with Crippen LogP contribution >= 0.6 is 0 Å². The maximum atomic E-state index is 13.4. The summed E-state index contributed by atoms with van der Waals surface area (Å²) in [5.74, 6) is -1.81. The maximum Gasteiger partial charge on any atom is 0.387 e. The van der Waals surface area contributed by atoms with E-state index in [2.05, 4.69) is 4.74 Å². The second-order valence-corrected chi connectivity index (χ2v) is 4.60. The molecule has 1 N–H and O–H groups in total. The van der Waals surface area contributed by atoms with Crippen LogP contribution in [0.2, 0.25) is 0 Å². The fourth-order valence-electron chi connectivity index (χ4n) is 2.01. The Hall–Kier alpha value is -2.27. The van der Waals surface area contributed by atoms with Gasteiger partial charge in [-0.15, -0.1) is 0 Å². The van der Waals surface area contributed by atoms with Gasteiger partial charge in [-0.05, 0) is 19.1 Å². The predicted molar refractivity (Wildman–Crippen MR) is 88.6 cm³/mol. The topological polar surface area (TPSA) is 99.5 Å². The number of hydrogen-bond donors (Lipinski definition) is 1. The van der Waals surface area contributed by atoms with Crippen LogP contribution < -0.4 is 10.3 Å². The van der Waals surface area contributed by atoms with E-state index in [1.165, 1.54) is 18.7 Å². The molecule has 0 spiro atoms. The molecule has 2 aromatic rings. The molecule has 0 amide bonds. The normalized spacial score (nSPS) is 9.79. The third kappa shape index (κ3) is 7.93. The molecular formula is C15H18F5N3O5Pt. The van der Waals surface area contributed by atoms with Gasteiger partial charge in [0.1, 0.15) is 5.69 Å². The summed E-state index contributed by atoms with van der Waals surface area (Å²) >= 11 is 0. The van der Waals surface area contributed by atoms with Crippen molar-refractivity contribution in [2.45, 2.75) is 34.0 Å². The number of aliphatic hydroxyl groups is 1. The van der Waals surface area contributed by atoms with E-state index in [4.69, 9.17) is 5.11 Å². The first-order valence-electron chi connectivity index (χ1n) is 7.61. The predicted octanol–water partition coefficient (Wildman–Crippen LogP) is 3.36. The molecule has 29 heavy (non-hydrogen) atoms. The third-order valence-corrected chi connectivity index (χ3v) is 3.08. The molecule has 2 rings (SSSR count). The van der Waals surface area contributed by atoms with Crippen molar-refractivity contribution in [2.24, 2.45) is 7.05 Å². The number of hydrogen-bond acceptors (Lipinski definition) is 5. The molecule has 8 nitrogen and oxygen atoms in total. The van der Waals surface area contributed by atoms with Crippen molar-refractivity contribution in [3.05, 3.63) is 50.2 Å². The van der Waals surface area contributed by atoms with Crippen LogP contribution in [-0.2, 0) is 28.1 Å². The molecule has 14 heteroatoms. The number of rotatable bonds is 4. The fraction of sp³-hybridized carbons (Fsp3) is 0.400. The summed E-state index contributed by atoms with van der Waals surface area (Å²) in [7, 11) is 1.38. The van der Waals surface area contributed by atoms with Crippen LogP contribution in [0, 0.1) is 22.9 Å². The van der Waals surface area contributed by atoms with Crippen molar-refractivity contribution in [2.75, 3.05) is 0 Å². The summed E-state index contributed by atoms with van der Waals surface area (Å²) in [5.41, 5.74) is -1.58. The number of aliphatic hydroxyl groups excluding tert-OH is 1. The number of ether oxygens (including phenoxy) is 1. The van der Waals surface area contributed by atoms with E-state index in [-0.39, 0.29) is 32.4 Å². The van der Waals surface area contributed by atoms with Gasteiger partial charge in [-0.25, -0.2) is 9.07 Å². The Morgan fingerprint density at radius 1 is 1.21 bits per heavy atom. The van der Waals surface area contributed by atoms with Crippen LogP contribution in [0.15, 0.2) is 23.0 Å². The summed E-state index contributed by atoms with van der Waals surface area (Å²) in [4.78, 5) is 22.2. The van der Waals surface area contributed by atoms with Crippen molar-refractivity contribution >= 4 is 5.69 Å². The molecule has 0 aliphatic heterocycles. The first-order valence-corrected chi connectivity index (χ1v) is 7.61. The molecule has 1 aromatic heterocycles. The smallest absolute Gasteiger partial charge is 0.387 e. The molecule has 0 radical (unpaired) electrons. The minimum Gasteiger partial charge on any atom is -0.432 e. The summed E-state index contributed by atoms with van der Waals surface area (Å²) < 4.78 is 63.6. The van der Waals surface area contributed by atoms with Gasteiger partial charge >= 0.3 is 24.5 Å². The molecule has 0 saturated carbocycles. The van der Waals surface area contributed by atoms with Crippen molar-refractivity contribution < 1.29 is 57.8 Å². The third-order valence-electron chi connectivity index (χ3n) is 3.08. The quantitative estimate of drug-likeness (QED) is 0.326. The first-order chi connectivity index (χ1) is 13.0. The van der Waals surface area contributed by atoms with Crippen LogP contribution in [0.3, 0.4) is 0 Å². The van der Waals surface area contributed by atoms with Crippen molar-refractivity contribution in [3.63, 3.8) is 0 Å². The van der Waals surface area contributed by atoms with Crippen LogP contribution in [0.1, 0.15) is 19.5 Å². The number of nitrogens with zero attached hydrogens (tertiary/aromatic N) is 3. The summed E-state index contributed by atoms with van der Waals surface area (Å²) in [6, 6.07) is 2.82. The Labute approximate surface area is 175 Å². The molecule has 0 aliphatic rings. The van der Waals surface area contributed by atoms with Gasteiger partial charge in [-0.3, -0.25) is 19.6 Å². The first kappa shape index (κ1) is 28.9. The Kier molecular flexibility index (Phi) is 13.0. The zero-order valence-electron chi connectivity index (χ0n) is 15.5. The van der Waals surface area contributed by atoms with E-state index in [1.807, 2.05) is 13.8 Å². The standard InChI is InChI=1S/C12H10F3N3O4.C2H6.CH2F2O.Pt/c1-6-10(18(20)21)11(19)17(16(6)2)7-3-4-8(13)9(5-7)22-12(14)15;1-2;2-1(3)4;/h3-5,12H,1-2H3;1-2H3;1,4H;. The minimum absolute atomic E-state index is 0. The van der Waals surface area contributed by atoms with Gasteiger partial charge in [0.05, 0.1) is 10.6 Å². The van der Waals surface area contributed by atoms with Gasteiger partial charge in [0, 0.05) is 34.2 Å². The molecule has 0 saturated heterocycles. The number of benzene rings is 1. The Balaban J connectivity index is 0. The van der Waals surface area contributed by atoms with Crippen molar-refractivity contribution in [1.29, 1.82) is 0 Å². The number of alkyl halides is 4. The Bertz CT molecular complexity index is 855. The average molecular weight is 610 g/mol. The monoisotopic (exact) mass is 610 g/mol. The summed E-state index contributed by atoms with van der Waals surface area (Å²) in [6.45, 7) is -1.05. The van der Waals surface area contributed by atoms with Crippen LogP contribution in [0.25, 0.3) is 5.69 Å². The van der Waals surface area contributed by atoms with E-state index >= 15 is 0 Å². The largest absolute Gasteiger partial charge is 0.432 e. The van der Waals surface area contributed by atoms with Crippen LogP contribution in [-0.4, -0.2) is 32.6 Å². The van der Waals surface area contributed by atoms with Gasteiger partial charge in [0.2, 0.25) is 0 Å². The zero-order valence-corrected chi connectivity index (χ0v) is 17.8. The zero-order chi connectivity index (χ0) is 22.2. The number of aromatic nitrogens is 2. The molecule has 0 atom stereocenters. The van der Waals surface area contributed by atoms with Gasteiger partial charge in [0.15, 0.2) is 11.6 Å². The van der Waals surface area contributed by atoms with E-state index in [0.717, 1.165) is 22.9 Å². The second kappa shape index (κ2) is 13.0. The minimum atomic E-state index is -3.24. The molecular weight excluding hydrogens is 592 g/mol. The van der Waals surface area contributed by atoms with E-state index in [9.17, 15) is 36.9 Å².